The van der Waals surface area contributed by atoms with E-state index in [1.807, 2.05) is 0 Å². The van der Waals surface area contributed by atoms with Gasteiger partial charge in [-0.15, -0.1) is 0 Å². The van der Waals surface area contributed by atoms with Gasteiger partial charge in [-0.2, -0.15) is 10.2 Å². The maximum atomic E-state index is 13.0. The van der Waals surface area contributed by atoms with Crippen LogP contribution in [-0.4, -0.2) is 38.8 Å². The summed E-state index contributed by atoms with van der Waals surface area (Å²) in [5.41, 5.74) is 2.79. The molecule has 0 fully saturated rings. The van der Waals surface area contributed by atoms with Crippen molar-refractivity contribution in [1.82, 2.24) is 20.9 Å². The third-order valence-corrected chi connectivity index (χ3v) is 4.63. The first-order chi connectivity index (χ1) is 15.4. The fraction of sp³-hybridized carbons (Fsp3) is 0.182. The predicted octanol–water partition coefficient (Wildman–Crippen LogP) is 1.75. The van der Waals surface area contributed by atoms with E-state index in [1.54, 1.807) is 61.5 Å². The van der Waals surface area contributed by atoms with E-state index >= 15 is 0 Å². The number of aromatic amines is 1. The molecule has 32 heavy (non-hydrogen) atoms. The van der Waals surface area contributed by atoms with E-state index in [2.05, 4.69) is 26.0 Å². The minimum atomic E-state index is -1.28. The Bertz CT molecular complexity index is 1240. The van der Waals surface area contributed by atoms with Crippen molar-refractivity contribution >= 4 is 34.3 Å². The first-order valence-electron chi connectivity index (χ1n) is 9.75. The lowest BCUT2D eigenvalue weighted by molar-refractivity contribution is -0.136. The monoisotopic (exact) mass is 435 g/mol. The van der Waals surface area contributed by atoms with Gasteiger partial charge in [0.2, 0.25) is 0 Å². The number of nitrogens with one attached hydrogen (secondary N) is 3. The van der Waals surface area contributed by atoms with E-state index < -0.39 is 29.4 Å². The largest absolute Gasteiger partial charge is 0.481 e. The summed E-state index contributed by atoms with van der Waals surface area (Å²) < 4.78 is 0. The molecule has 10 nitrogen and oxygen atoms in total. The van der Waals surface area contributed by atoms with E-state index in [0.29, 0.717) is 22.0 Å². The molecule has 2 amide bonds. The Hall–Kier alpha value is -4.34. The standard InChI is InChI=1S/C22H21N5O5/c1-13(11-12-17(28)29)24-27-22(32)19(23-20(30)14-7-3-2-4-8-14)18-15-9-5-6-10-16(15)21(31)26-25-18/h2-10,19H,11-12H2,1H3,(H,23,30)(H,26,31)(H,27,32)(H,28,29)/b24-13+. The van der Waals surface area contributed by atoms with Crippen molar-refractivity contribution in [2.45, 2.75) is 25.8 Å². The van der Waals surface area contributed by atoms with Crippen molar-refractivity contribution in [3.8, 4) is 0 Å². The van der Waals surface area contributed by atoms with Gasteiger partial charge in [0.25, 0.3) is 17.4 Å². The van der Waals surface area contributed by atoms with Crippen LogP contribution >= 0.6 is 0 Å². The van der Waals surface area contributed by atoms with Gasteiger partial charge in [0.1, 0.15) is 5.69 Å². The number of rotatable bonds is 8. The Morgan fingerprint density at radius 2 is 1.69 bits per heavy atom. The number of carboxylic acid groups (broad SMARTS) is 1. The maximum Gasteiger partial charge on any atom is 0.303 e. The number of hydrogen-bond acceptors (Lipinski definition) is 6. The highest BCUT2D eigenvalue weighted by Gasteiger charge is 2.27. The van der Waals surface area contributed by atoms with Crippen molar-refractivity contribution in [3.05, 3.63) is 76.2 Å². The summed E-state index contributed by atoms with van der Waals surface area (Å²) >= 11 is 0. The number of H-pyrrole nitrogens is 1. The van der Waals surface area contributed by atoms with Crippen LogP contribution in [0.5, 0.6) is 0 Å². The molecule has 164 valence electrons. The molecule has 0 aliphatic carbocycles. The Labute approximate surface area is 182 Å². The van der Waals surface area contributed by atoms with Gasteiger partial charge in [0.05, 0.1) is 11.8 Å². The lowest BCUT2D eigenvalue weighted by Crippen LogP contribution is -2.40. The number of amides is 2. The third kappa shape index (κ3) is 5.42. The molecule has 1 aromatic heterocycles. The second kappa shape index (κ2) is 10.1. The number of hydrazone groups is 1. The minimum absolute atomic E-state index is 0.133. The van der Waals surface area contributed by atoms with Crippen LogP contribution in [-0.2, 0) is 9.59 Å². The van der Waals surface area contributed by atoms with Crippen molar-refractivity contribution in [1.29, 1.82) is 0 Å². The predicted molar refractivity (Wildman–Crippen MR) is 117 cm³/mol. The molecule has 0 saturated heterocycles. The third-order valence-electron chi connectivity index (χ3n) is 4.63. The molecule has 3 aromatic rings. The molecule has 2 aromatic carbocycles. The van der Waals surface area contributed by atoms with Crippen LogP contribution in [0.15, 0.2) is 64.5 Å². The van der Waals surface area contributed by atoms with Crippen LogP contribution in [0.2, 0.25) is 0 Å². The zero-order valence-corrected chi connectivity index (χ0v) is 17.2. The second-order valence-electron chi connectivity index (χ2n) is 6.97. The average Bonchev–Trinajstić information content (AvgIpc) is 2.81. The fourth-order valence-electron chi connectivity index (χ4n) is 2.98. The lowest BCUT2D eigenvalue weighted by atomic mass is 10.0. The van der Waals surface area contributed by atoms with Crippen LogP contribution in [0.3, 0.4) is 0 Å². The molecule has 0 saturated carbocycles. The Kier molecular flexibility index (Phi) is 7.06. The summed E-state index contributed by atoms with van der Waals surface area (Å²) in [4.78, 5) is 48.6. The molecule has 1 unspecified atom stereocenters. The number of nitrogens with zero attached hydrogens (tertiary/aromatic N) is 2. The number of benzene rings is 2. The van der Waals surface area contributed by atoms with Crippen LogP contribution < -0.4 is 16.3 Å². The quantitative estimate of drug-likeness (QED) is 0.312. The summed E-state index contributed by atoms with van der Waals surface area (Å²) in [6, 6.07) is 13.6. The van der Waals surface area contributed by atoms with Crippen LogP contribution in [0, 0.1) is 0 Å². The Balaban J connectivity index is 1.95. The average molecular weight is 435 g/mol. The summed E-state index contributed by atoms with van der Waals surface area (Å²) in [5, 5.41) is 22.4. The van der Waals surface area contributed by atoms with E-state index in [0.717, 1.165) is 0 Å². The summed E-state index contributed by atoms with van der Waals surface area (Å²) in [5.74, 6) is -2.20. The Morgan fingerprint density at radius 1 is 1.03 bits per heavy atom. The molecule has 1 atom stereocenters. The van der Waals surface area contributed by atoms with E-state index in [9.17, 15) is 19.2 Å². The highest BCUT2D eigenvalue weighted by atomic mass is 16.4. The molecular weight excluding hydrogens is 414 g/mol. The van der Waals surface area contributed by atoms with Crippen LogP contribution in [0.4, 0.5) is 0 Å². The van der Waals surface area contributed by atoms with Gasteiger partial charge >= 0.3 is 5.97 Å². The Morgan fingerprint density at radius 3 is 2.38 bits per heavy atom. The van der Waals surface area contributed by atoms with Gasteiger partial charge in [-0.25, -0.2) is 10.5 Å². The van der Waals surface area contributed by atoms with E-state index in [4.69, 9.17) is 5.11 Å². The number of carbonyl (C=O) groups excluding carboxylic acids is 2. The zero-order valence-electron chi connectivity index (χ0n) is 17.2. The molecular formula is C22H21N5O5. The topological polar surface area (TPSA) is 154 Å². The first-order valence-corrected chi connectivity index (χ1v) is 9.75. The van der Waals surface area contributed by atoms with Gasteiger partial charge in [-0.3, -0.25) is 19.2 Å². The molecule has 1 heterocycles. The fourth-order valence-corrected chi connectivity index (χ4v) is 2.98. The summed E-state index contributed by atoms with van der Waals surface area (Å²) in [6.07, 6.45) is 0.0159. The van der Waals surface area contributed by atoms with Gasteiger partial charge in [0.15, 0.2) is 6.04 Å². The molecule has 0 spiro atoms. The smallest absolute Gasteiger partial charge is 0.303 e. The molecule has 4 N–H and O–H groups in total. The molecule has 0 radical (unpaired) electrons. The summed E-state index contributed by atoms with van der Waals surface area (Å²) in [7, 11) is 0. The zero-order chi connectivity index (χ0) is 23.1. The van der Waals surface area contributed by atoms with Gasteiger partial charge in [0, 0.05) is 16.7 Å². The molecule has 3 rings (SSSR count). The maximum absolute atomic E-state index is 13.0. The van der Waals surface area contributed by atoms with Gasteiger partial charge < -0.3 is 10.4 Å². The SMILES string of the molecule is C/C(CCC(=O)O)=N\NC(=O)C(NC(=O)c1ccccc1)c1n[nH]c(=O)c2ccccc12. The molecule has 0 bridgehead atoms. The first kappa shape index (κ1) is 22.3. The lowest BCUT2D eigenvalue weighted by Gasteiger charge is -2.18. The van der Waals surface area contributed by atoms with E-state index in [-0.39, 0.29) is 18.5 Å². The number of carboxylic acids is 1. The second-order valence-corrected chi connectivity index (χ2v) is 6.97. The van der Waals surface area contributed by atoms with Crippen LogP contribution in [0.1, 0.15) is 41.9 Å². The van der Waals surface area contributed by atoms with Gasteiger partial charge in [-0.1, -0.05) is 36.4 Å². The highest BCUT2D eigenvalue weighted by molar-refractivity contribution is 5.99. The van der Waals surface area contributed by atoms with Crippen molar-refractivity contribution in [2.75, 3.05) is 0 Å². The minimum Gasteiger partial charge on any atom is -0.481 e. The van der Waals surface area contributed by atoms with Crippen molar-refractivity contribution < 1.29 is 19.5 Å². The number of fused-ring (bicyclic) bond motifs is 1. The molecule has 0 aliphatic heterocycles. The number of hydrogen-bond donors (Lipinski definition) is 4. The van der Waals surface area contributed by atoms with Crippen LogP contribution in [0.25, 0.3) is 10.8 Å². The number of carbonyl (C=O) groups is 3. The number of aromatic nitrogens is 2. The molecule has 0 aliphatic rings. The van der Waals surface area contributed by atoms with Crippen molar-refractivity contribution in [3.63, 3.8) is 0 Å². The highest BCUT2D eigenvalue weighted by Crippen LogP contribution is 2.20. The van der Waals surface area contributed by atoms with Crippen molar-refractivity contribution in [2.24, 2.45) is 5.10 Å². The van der Waals surface area contributed by atoms with Gasteiger partial charge in [-0.05, 0) is 31.5 Å². The summed E-state index contributed by atoms with van der Waals surface area (Å²) in [6.45, 7) is 1.58. The number of aliphatic carboxylic acids is 1. The van der Waals surface area contributed by atoms with E-state index in [1.165, 1.54) is 0 Å². The normalized spacial score (nSPS) is 12.2. The molecule has 10 heteroatoms.